The van der Waals surface area contributed by atoms with Crippen molar-refractivity contribution in [3.8, 4) is 5.75 Å². The van der Waals surface area contributed by atoms with Crippen LogP contribution in [0.3, 0.4) is 0 Å². The van der Waals surface area contributed by atoms with E-state index in [9.17, 15) is 13.6 Å². The van der Waals surface area contributed by atoms with Crippen LogP contribution in [-0.2, 0) is 0 Å². The molecule has 0 bridgehead atoms. The third-order valence-electron chi connectivity index (χ3n) is 1.44. The second-order valence-corrected chi connectivity index (χ2v) is 2.26. The molecule has 5 heteroatoms. The zero-order valence-corrected chi connectivity index (χ0v) is 6.54. The molecule has 70 valence electrons. The molecule has 0 aliphatic heterocycles. The highest BCUT2D eigenvalue weighted by Crippen LogP contribution is 2.25. The van der Waals surface area contributed by atoms with Gasteiger partial charge in [-0.25, -0.2) is 0 Å². The van der Waals surface area contributed by atoms with E-state index >= 15 is 0 Å². The van der Waals surface area contributed by atoms with Crippen molar-refractivity contribution in [1.82, 2.24) is 0 Å². The molecule has 1 aromatic rings. The molecule has 1 aromatic carbocycles. The molecule has 1 rings (SSSR count). The number of nitrogen functional groups attached to an aromatic ring is 1. The van der Waals surface area contributed by atoms with E-state index in [4.69, 9.17) is 5.73 Å². The Hall–Kier alpha value is -1.65. The minimum absolute atomic E-state index is 0.0715. The molecule has 0 aliphatic carbocycles. The molecule has 0 amide bonds. The Kier molecular flexibility index (Phi) is 2.79. The highest BCUT2D eigenvalue weighted by molar-refractivity contribution is 5.85. The molecule has 0 unspecified atom stereocenters. The van der Waals surface area contributed by atoms with Crippen LogP contribution >= 0.6 is 0 Å². The maximum Gasteiger partial charge on any atom is 0.387 e. The van der Waals surface area contributed by atoms with Gasteiger partial charge in [-0.2, -0.15) is 8.78 Å². The third kappa shape index (κ3) is 2.14. The Balaban J connectivity index is 3.01. The maximum atomic E-state index is 11.8. The lowest BCUT2D eigenvalue weighted by molar-refractivity contribution is -0.0493. The maximum absolute atomic E-state index is 11.8. The van der Waals surface area contributed by atoms with Crippen molar-refractivity contribution in [2.75, 3.05) is 5.73 Å². The van der Waals surface area contributed by atoms with E-state index in [1.165, 1.54) is 18.2 Å². The van der Waals surface area contributed by atoms with Crippen LogP contribution in [0, 0.1) is 0 Å². The Morgan fingerprint density at radius 2 is 2.15 bits per heavy atom. The van der Waals surface area contributed by atoms with Crippen LogP contribution in [0.1, 0.15) is 10.4 Å². The van der Waals surface area contributed by atoms with E-state index in [1.54, 1.807) is 0 Å². The zero-order valence-electron chi connectivity index (χ0n) is 6.54. The van der Waals surface area contributed by atoms with Gasteiger partial charge in [-0.3, -0.25) is 4.79 Å². The summed E-state index contributed by atoms with van der Waals surface area (Å²) in [6.07, 6.45) is 0.480. The molecule has 0 heterocycles. The van der Waals surface area contributed by atoms with Gasteiger partial charge in [-0.1, -0.05) is 6.07 Å². The summed E-state index contributed by atoms with van der Waals surface area (Å²) in [6.45, 7) is -2.94. The van der Waals surface area contributed by atoms with E-state index in [0.29, 0.717) is 6.29 Å². The van der Waals surface area contributed by atoms with Crippen molar-refractivity contribution in [2.24, 2.45) is 0 Å². The fraction of sp³-hybridized carbons (Fsp3) is 0.125. The normalized spacial score (nSPS) is 10.1. The number of benzene rings is 1. The first-order valence-electron chi connectivity index (χ1n) is 3.43. The number of para-hydroxylation sites is 1. The van der Waals surface area contributed by atoms with Gasteiger partial charge >= 0.3 is 6.61 Å². The van der Waals surface area contributed by atoms with Gasteiger partial charge < -0.3 is 10.5 Å². The summed E-state index contributed by atoms with van der Waals surface area (Å²) in [5, 5.41) is 0. The van der Waals surface area contributed by atoms with Gasteiger partial charge in [0.1, 0.15) is 5.75 Å². The van der Waals surface area contributed by atoms with Crippen molar-refractivity contribution in [3.05, 3.63) is 23.8 Å². The molecule has 0 saturated heterocycles. The standard InChI is InChI=1S/C8H7F2NO2/c9-8(10)13-6-3-1-2-5(4-12)7(6)11/h1-4,8H,11H2. The third-order valence-corrected chi connectivity index (χ3v) is 1.44. The molecule has 0 aromatic heterocycles. The molecule has 0 fully saturated rings. The topological polar surface area (TPSA) is 52.3 Å². The van der Waals surface area contributed by atoms with Crippen molar-refractivity contribution in [3.63, 3.8) is 0 Å². The quantitative estimate of drug-likeness (QED) is 0.578. The van der Waals surface area contributed by atoms with E-state index < -0.39 is 6.61 Å². The number of anilines is 1. The summed E-state index contributed by atoms with van der Waals surface area (Å²) < 4.78 is 27.6. The van der Waals surface area contributed by atoms with Crippen molar-refractivity contribution >= 4 is 12.0 Å². The predicted octanol–water partition coefficient (Wildman–Crippen LogP) is 1.68. The second kappa shape index (κ2) is 3.84. The zero-order chi connectivity index (χ0) is 9.84. The minimum atomic E-state index is -2.94. The number of nitrogens with two attached hydrogens (primary N) is 1. The summed E-state index contributed by atoms with van der Waals surface area (Å²) in [5.41, 5.74) is 5.42. The van der Waals surface area contributed by atoms with Crippen molar-refractivity contribution in [2.45, 2.75) is 6.61 Å². The smallest absolute Gasteiger partial charge is 0.387 e. The number of carbonyl (C=O) groups excluding carboxylic acids is 1. The largest absolute Gasteiger partial charge is 0.433 e. The molecule has 0 radical (unpaired) electrons. The van der Waals surface area contributed by atoms with E-state index in [0.717, 1.165) is 0 Å². The summed E-state index contributed by atoms with van der Waals surface area (Å²) in [6, 6.07) is 4.10. The second-order valence-electron chi connectivity index (χ2n) is 2.26. The summed E-state index contributed by atoms with van der Waals surface area (Å²) in [5.74, 6) is -0.181. The summed E-state index contributed by atoms with van der Waals surface area (Å²) in [4.78, 5) is 10.3. The molecule has 0 atom stereocenters. The van der Waals surface area contributed by atoms with Crippen LogP contribution in [0.15, 0.2) is 18.2 Å². The number of carbonyl (C=O) groups is 1. The van der Waals surface area contributed by atoms with Gasteiger partial charge in [-0.05, 0) is 12.1 Å². The van der Waals surface area contributed by atoms with Gasteiger partial charge in [0.15, 0.2) is 6.29 Å². The SMILES string of the molecule is Nc1c(C=O)cccc1OC(F)F. The Bertz CT molecular complexity index is 315. The number of hydrogen-bond acceptors (Lipinski definition) is 3. The van der Waals surface area contributed by atoms with Gasteiger partial charge in [0.2, 0.25) is 0 Å². The summed E-state index contributed by atoms with van der Waals surface area (Å²) >= 11 is 0. The number of aldehydes is 1. The van der Waals surface area contributed by atoms with Gasteiger partial charge in [0.05, 0.1) is 5.69 Å². The Morgan fingerprint density at radius 3 is 2.69 bits per heavy atom. The number of alkyl halides is 2. The van der Waals surface area contributed by atoms with E-state index in [1.807, 2.05) is 0 Å². The summed E-state index contributed by atoms with van der Waals surface area (Å²) in [7, 11) is 0. The van der Waals surface area contributed by atoms with E-state index in [2.05, 4.69) is 4.74 Å². The average molecular weight is 187 g/mol. The highest BCUT2D eigenvalue weighted by atomic mass is 19.3. The number of rotatable bonds is 3. The Labute approximate surface area is 73.1 Å². The molecule has 2 N–H and O–H groups in total. The predicted molar refractivity (Wildman–Crippen MR) is 42.9 cm³/mol. The van der Waals surface area contributed by atoms with Gasteiger partial charge in [-0.15, -0.1) is 0 Å². The lowest BCUT2D eigenvalue weighted by Gasteiger charge is -2.07. The lowest BCUT2D eigenvalue weighted by atomic mass is 10.2. The van der Waals surface area contributed by atoms with Crippen molar-refractivity contribution < 1.29 is 18.3 Å². The minimum Gasteiger partial charge on any atom is -0.433 e. The molecule has 0 spiro atoms. The monoisotopic (exact) mass is 187 g/mol. The van der Waals surface area contributed by atoms with Gasteiger partial charge in [0.25, 0.3) is 0 Å². The lowest BCUT2D eigenvalue weighted by Crippen LogP contribution is -2.05. The highest BCUT2D eigenvalue weighted by Gasteiger charge is 2.09. The van der Waals surface area contributed by atoms with Crippen LogP contribution < -0.4 is 10.5 Å². The van der Waals surface area contributed by atoms with Crippen LogP contribution in [0.2, 0.25) is 0 Å². The Morgan fingerprint density at radius 1 is 1.46 bits per heavy atom. The van der Waals surface area contributed by atoms with Crippen LogP contribution in [0.5, 0.6) is 5.75 Å². The van der Waals surface area contributed by atoms with Gasteiger partial charge in [0, 0.05) is 5.56 Å². The fourth-order valence-corrected chi connectivity index (χ4v) is 0.863. The first-order valence-corrected chi connectivity index (χ1v) is 3.43. The molecular weight excluding hydrogens is 180 g/mol. The first kappa shape index (κ1) is 9.44. The van der Waals surface area contributed by atoms with Crippen LogP contribution in [0.4, 0.5) is 14.5 Å². The van der Waals surface area contributed by atoms with Crippen molar-refractivity contribution in [1.29, 1.82) is 0 Å². The number of ether oxygens (including phenoxy) is 1. The fourth-order valence-electron chi connectivity index (χ4n) is 0.863. The molecule has 3 nitrogen and oxygen atoms in total. The first-order chi connectivity index (χ1) is 6.15. The molecule has 0 saturated carbocycles. The van der Waals surface area contributed by atoms with Crippen LogP contribution in [-0.4, -0.2) is 12.9 Å². The van der Waals surface area contributed by atoms with Crippen LogP contribution in [0.25, 0.3) is 0 Å². The van der Waals surface area contributed by atoms with E-state index in [-0.39, 0.29) is 17.0 Å². The molecular formula is C8H7F2NO2. The number of hydrogen-bond donors (Lipinski definition) is 1. The number of halogens is 2. The molecule has 13 heavy (non-hydrogen) atoms. The average Bonchev–Trinajstić information content (AvgIpc) is 2.08. The molecule has 0 aliphatic rings.